The van der Waals surface area contributed by atoms with Crippen molar-refractivity contribution in [2.24, 2.45) is 0 Å². The first-order chi connectivity index (χ1) is 14.0. The zero-order chi connectivity index (χ0) is 21.3. The van der Waals surface area contributed by atoms with Gasteiger partial charge in [-0.15, -0.1) is 0 Å². The van der Waals surface area contributed by atoms with E-state index in [1.165, 1.54) is 19.1 Å². The Hall–Kier alpha value is -2.52. The topological polar surface area (TPSA) is 59.3 Å². The third-order valence-electron chi connectivity index (χ3n) is 4.81. The lowest BCUT2D eigenvalue weighted by molar-refractivity contribution is -0.175. The van der Waals surface area contributed by atoms with Crippen LogP contribution >= 0.6 is 0 Å². The van der Waals surface area contributed by atoms with Crippen LogP contribution in [0.3, 0.4) is 0 Å². The predicted molar refractivity (Wildman–Crippen MR) is 107 cm³/mol. The number of esters is 1. The summed E-state index contributed by atoms with van der Waals surface area (Å²) in [6.07, 6.45) is 3.73. The Morgan fingerprint density at radius 3 is 2.59 bits per heavy atom. The van der Waals surface area contributed by atoms with Crippen LogP contribution in [0, 0.1) is 11.3 Å². The van der Waals surface area contributed by atoms with E-state index in [1.54, 1.807) is 36.4 Å². The summed E-state index contributed by atoms with van der Waals surface area (Å²) in [7, 11) is 0. The van der Waals surface area contributed by atoms with Crippen LogP contribution in [0.15, 0.2) is 48.3 Å². The summed E-state index contributed by atoms with van der Waals surface area (Å²) in [5, 5.41) is 8.91. The molecule has 1 aliphatic carbocycles. The molecule has 2 rings (SSSR count). The van der Waals surface area contributed by atoms with Crippen LogP contribution in [0.5, 0.6) is 0 Å². The average Bonchev–Trinajstić information content (AvgIpc) is 2.74. The first kappa shape index (κ1) is 22.8. The molecule has 1 aromatic rings. The largest absolute Gasteiger partial charge is 0.445 e. The third kappa shape index (κ3) is 5.51. The zero-order valence-electron chi connectivity index (χ0n) is 16.9. The van der Waals surface area contributed by atoms with Gasteiger partial charge in [-0.2, -0.15) is 5.26 Å². The van der Waals surface area contributed by atoms with E-state index in [0.29, 0.717) is 12.0 Å². The lowest BCUT2D eigenvalue weighted by Gasteiger charge is -2.34. The Morgan fingerprint density at radius 1 is 1.24 bits per heavy atom. The molecule has 0 aliphatic heterocycles. The summed E-state index contributed by atoms with van der Waals surface area (Å²) >= 11 is 0. The van der Waals surface area contributed by atoms with Crippen molar-refractivity contribution in [3.8, 4) is 6.07 Å². The van der Waals surface area contributed by atoms with Crippen LogP contribution in [-0.2, 0) is 14.3 Å². The number of rotatable bonds is 10. The van der Waals surface area contributed by atoms with Gasteiger partial charge in [0, 0.05) is 12.2 Å². The Bertz CT molecular complexity index is 785. The van der Waals surface area contributed by atoms with Crippen molar-refractivity contribution in [3.63, 3.8) is 0 Å². The van der Waals surface area contributed by atoms with E-state index in [1.807, 2.05) is 0 Å². The molecule has 0 spiro atoms. The zero-order valence-corrected chi connectivity index (χ0v) is 16.9. The SMILES string of the molecule is CCCCCCCOC1(C(=O)OC(C)C#N)C=CC(c2ccccc2)=C(F)C1F. The standard InChI is InChI=1S/C23H27F2NO3/c1-3-4-5-6-10-15-28-23(22(27)29-17(2)16-26)14-13-19(20(24)21(23)25)18-11-8-7-9-12-18/h7-9,11-14,17,21H,3-6,10,15H2,1-2H3. The van der Waals surface area contributed by atoms with Crippen LogP contribution in [0.4, 0.5) is 8.78 Å². The predicted octanol–water partition coefficient (Wildman–Crippen LogP) is 5.46. The maximum Gasteiger partial charge on any atom is 0.347 e. The molecule has 156 valence electrons. The minimum atomic E-state index is -2.36. The van der Waals surface area contributed by atoms with Gasteiger partial charge in [0.2, 0.25) is 5.60 Å². The van der Waals surface area contributed by atoms with E-state index in [9.17, 15) is 9.18 Å². The first-order valence-electron chi connectivity index (χ1n) is 9.99. The summed E-state index contributed by atoms with van der Waals surface area (Å²) < 4.78 is 40.8. The molecular formula is C23H27F2NO3. The maximum absolute atomic E-state index is 15.3. The number of halogens is 2. The van der Waals surface area contributed by atoms with Gasteiger partial charge in [0.25, 0.3) is 0 Å². The van der Waals surface area contributed by atoms with Crippen LogP contribution < -0.4 is 0 Å². The number of carbonyl (C=O) groups excluding carboxylic acids is 1. The normalized spacial score (nSPS) is 22.2. The Kier molecular flexibility index (Phi) is 8.53. The van der Waals surface area contributed by atoms with Crippen LogP contribution in [0.2, 0.25) is 0 Å². The number of hydrogen-bond acceptors (Lipinski definition) is 4. The molecule has 3 atom stereocenters. The van der Waals surface area contributed by atoms with Gasteiger partial charge in [-0.1, -0.05) is 69.0 Å². The Labute approximate surface area is 170 Å². The molecule has 1 aromatic carbocycles. The highest BCUT2D eigenvalue weighted by Crippen LogP contribution is 2.39. The van der Waals surface area contributed by atoms with Gasteiger partial charge in [-0.05, 0) is 25.0 Å². The summed E-state index contributed by atoms with van der Waals surface area (Å²) in [6.45, 7) is 3.54. The number of benzene rings is 1. The quantitative estimate of drug-likeness (QED) is 0.385. The second-order valence-electron chi connectivity index (χ2n) is 7.06. The molecule has 0 N–H and O–H groups in total. The molecule has 0 aromatic heterocycles. The lowest BCUT2D eigenvalue weighted by atomic mass is 9.86. The van der Waals surface area contributed by atoms with Crippen molar-refractivity contribution >= 4 is 11.5 Å². The molecule has 0 radical (unpaired) electrons. The minimum Gasteiger partial charge on any atom is -0.445 e. The van der Waals surface area contributed by atoms with Gasteiger partial charge < -0.3 is 9.47 Å². The third-order valence-corrected chi connectivity index (χ3v) is 4.81. The summed E-state index contributed by atoms with van der Waals surface area (Å²) in [4.78, 5) is 12.7. The fraction of sp³-hybridized carbons (Fsp3) is 0.478. The molecule has 0 heterocycles. The smallest absolute Gasteiger partial charge is 0.347 e. The molecule has 1 aliphatic rings. The van der Waals surface area contributed by atoms with E-state index in [4.69, 9.17) is 14.7 Å². The van der Waals surface area contributed by atoms with Gasteiger partial charge in [-0.3, -0.25) is 0 Å². The lowest BCUT2D eigenvalue weighted by Crippen LogP contribution is -2.52. The van der Waals surface area contributed by atoms with Crippen molar-refractivity contribution in [1.82, 2.24) is 0 Å². The second kappa shape index (κ2) is 10.9. The fourth-order valence-electron chi connectivity index (χ4n) is 3.13. The number of carbonyl (C=O) groups is 1. The molecule has 4 nitrogen and oxygen atoms in total. The molecule has 0 saturated carbocycles. The number of unbranched alkanes of at least 4 members (excludes halogenated alkanes) is 4. The van der Waals surface area contributed by atoms with Gasteiger partial charge >= 0.3 is 5.97 Å². The molecule has 0 fully saturated rings. The van der Waals surface area contributed by atoms with Crippen molar-refractivity contribution in [2.45, 2.75) is 63.8 Å². The second-order valence-corrected chi connectivity index (χ2v) is 7.06. The maximum atomic E-state index is 15.3. The molecule has 0 saturated heterocycles. The van der Waals surface area contributed by atoms with Crippen LogP contribution in [-0.4, -0.2) is 30.5 Å². The van der Waals surface area contributed by atoms with Crippen molar-refractivity contribution in [2.75, 3.05) is 6.61 Å². The summed E-state index contributed by atoms with van der Waals surface area (Å²) in [5.41, 5.74) is -1.68. The Balaban J connectivity index is 2.24. The Morgan fingerprint density at radius 2 is 1.93 bits per heavy atom. The van der Waals surface area contributed by atoms with Crippen LogP contribution in [0.1, 0.15) is 51.5 Å². The van der Waals surface area contributed by atoms with E-state index in [2.05, 4.69) is 6.92 Å². The van der Waals surface area contributed by atoms with Crippen molar-refractivity contribution in [1.29, 1.82) is 5.26 Å². The van der Waals surface area contributed by atoms with E-state index in [-0.39, 0.29) is 12.2 Å². The molecular weight excluding hydrogens is 376 g/mol. The number of alkyl halides is 1. The molecule has 6 heteroatoms. The van der Waals surface area contributed by atoms with E-state index < -0.39 is 29.7 Å². The molecule has 0 amide bonds. The van der Waals surface area contributed by atoms with E-state index >= 15 is 4.39 Å². The highest BCUT2D eigenvalue weighted by Gasteiger charge is 2.52. The van der Waals surface area contributed by atoms with Crippen molar-refractivity contribution < 1.29 is 23.0 Å². The van der Waals surface area contributed by atoms with Crippen LogP contribution in [0.25, 0.3) is 5.57 Å². The van der Waals surface area contributed by atoms with Gasteiger partial charge in [0.05, 0.1) is 0 Å². The molecule has 29 heavy (non-hydrogen) atoms. The number of hydrogen-bond donors (Lipinski definition) is 0. The first-order valence-corrected chi connectivity index (χ1v) is 9.99. The fourth-order valence-corrected chi connectivity index (χ4v) is 3.13. The average molecular weight is 403 g/mol. The van der Waals surface area contributed by atoms with Crippen molar-refractivity contribution in [3.05, 3.63) is 53.9 Å². The monoisotopic (exact) mass is 403 g/mol. The van der Waals surface area contributed by atoms with Gasteiger partial charge in [0.1, 0.15) is 11.9 Å². The summed E-state index contributed by atoms with van der Waals surface area (Å²) in [6, 6.07) is 10.3. The minimum absolute atomic E-state index is 0.0569. The highest BCUT2D eigenvalue weighted by atomic mass is 19.2. The number of ether oxygens (including phenoxy) is 2. The van der Waals surface area contributed by atoms with E-state index in [0.717, 1.165) is 25.7 Å². The number of nitriles is 1. The number of allylic oxidation sites excluding steroid dienone is 2. The van der Waals surface area contributed by atoms with Gasteiger partial charge in [-0.25, -0.2) is 13.6 Å². The summed E-state index contributed by atoms with van der Waals surface area (Å²) in [5.74, 6) is -2.20. The number of nitrogens with zero attached hydrogens (tertiary/aromatic N) is 1. The molecule has 3 unspecified atom stereocenters. The molecule has 0 bridgehead atoms. The highest BCUT2D eigenvalue weighted by molar-refractivity contribution is 5.89. The van der Waals surface area contributed by atoms with Gasteiger partial charge in [0.15, 0.2) is 12.3 Å².